The molecule has 0 amide bonds. The van der Waals surface area contributed by atoms with E-state index >= 15 is 0 Å². The second-order valence-electron chi connectivity index (χ2n) is 7.40. The molecule has 3 N–H and O–H groups in total. The minimum Gasteiger partial charge on any atom is -0.478 e. The number of hydrogen-bond donors (Lipinski definition) is 3. The minimum absolute atomic E-state index is 0.469. The molecule has 240 valence electrons. The number of halogens is 4. The van der Waals surface area contributed by atoms with Gasteiger partial charge in [0.2, 0.25) is 20.0 Å². The third-order valence-electron chi connectivity index (χ3n) is 4.48. The maximum Gasteiger partial charge on any atom is 0.335 e. The summed E-state index contributed by atoms with van der Waals surface area (Å²) in [4.78, 5) is 24.3. The number of carbonyl (C=O) groups is 2. The lowest BCUT2D eigenvalue weighted by Gasteiger charge is -2.24. The second-order valence-corrected chi connectivity index (χ2v) is 11.4. The topological polar surface area (TPSA) is 156 Å². The van der Waals surface area contributed by atoms with Crippen molar-refractivity contribution in [2.24, 2.45) is 0 Å². The zero-order chi connectivity index (χ0) is 52.2. The van der Waals surface area contributed by atoms with Gasteiger partial charge in [-0.25, -0.2) is 35.2 Å². The highest BCUT2D eigenvalue weighted by atomic mass is 35.5. The van der Waals surface area contributed by atoms with E-state index in [2.05, 4.69) is 4.74 Å². The lowest BCUT2D eigenvalue weighted by atomic mass is 9.99. The van der Waals surface area contributed by atoms with Gasteiger partial charge in [-0.1, -0.05) is 35.3 Å². The SMILES string of the molecule is [2H]C1=C(C(=O)O)C([2H])(S(=O)(=O)Nc2c([2H])c([2H])c(F)c([2H])c2Cl)C([2H])([2H])C([2H])([2H])C1([2H])[2H].[2H]C1=C(C(=O)OCC)C([2H])(S(=O)(=O)Nc2c([2H])c([2H])c(F)c([2H])c2Cl)C([2H])([2H])C([2H])([2H])C1([2H])[2H]. The van der Waals surface area contributed by atoms with Crippen LogP contribution in [0.15, 0.2) is 59.5 Å². The molecule has 0 fully saturated rings. The van der Waals surface area contributed by atoms with Crippen LogP contribution in [0.5, 0.6) is 0 Å². The van der Waals surface area contributed by atoms with Crippen LogP contribution < -0.4 is 9.44 Å². The van der Waals surface area contributed by atoms with Gasteiger partial charge in [-0.05, 0) is 81.4 Å². The lowest BCUT2D eigenvalue weighted by Crippen LogP contribution is -2.34. The number of ether oxygens (including phenoxy) is 1. The first-order chi connectivity index (χ1) is 29.3. The molecule has 0 radical (unpaired) electrons. The van der Waals surface area contributed by atoms with Gasteiger partial charge in [0.15, 0.2) is 0 Å². The number of carboxylic acids is 1. The first kappa shape index (κ1) is 15.4. The van der Waals surface area contributed by atoms with Gasteiger partial charge in [0.1, 0.15) is 22.1 Å². The fourth-order valence-corrected chi connectivity index (χ4v) is 5.43. The Kier molecular flexibility index (Phi) is 5.31. The van der Waals surface area contributed by atoms with Gasteiger partial charge in [0, 0.05) is 16.4 Å². The van der Waals surface area contributed by atoms with Crippen molar-refractivity contribution in [2.45, 2.75) is 55.6 Å². The molecule has 2 aliphatic carbocycles. The van der Waals surface area contributed by atoms with Crippen LogP contribution in [0.4, 0.5) is 20.2 Å². The molecular formula is C28H30Cl2F2N2O8S2. The molecule has 4 rings (SSSR count). The third kappa shape index (κ3) is 9.16. The Balaban J connectivity index is 0.000000351. The van der Waals surface area contributed by atoms with E-state index in [-0.39, 0.29) is 0 Å². The predicted octanol–water partition coefficient (Wildman–Crippen LogP) is 6.05. The van der Waals surface area contributed by atoms with E-state index in [1.807, 2.05) is 0 Å². The molecule has 44 heavy (non-hydrogen) atoms. The number of hydrogen-bond acceptors (Lipinski definition) is 7. The summed E-state index contributed by atoms with van der Waals surface area (Å²) in [5.74, 6) is -7.41. The van der Waals surface area contributed by atoms with Gasteiger partial charge in [-0.2, -0.15) is 0 Å². The number of nitrogens with one attached hydrogen (secondary N) is 2. The Hall–Kier alpha value is -3.20. The largest absolute Gasteiger partial charge is 0.478 e. The Morgan fingerprint density at radius 1 is 0.932 bits per heavy atom. The maximum absolute atomic E-state index is 13.9. The van der Waals surface area contributed by atoms with Gasteiger partial charge in [0.05, 0.1) is 52.9 Å². The first-order valence-corrected chi connectivity index (χ1v) is 14.8. The second kappa shape index (κ2) is 15.2. The smallest absolute Gasteiger partial charge is 0.335 e. The molecule has 2 atom stereocenters. The van der Waals surface area contributed by atoms with Crippen LogP contribution in [-0.4, -0.2) is 50.9 Å². The summed E-state index contributed by atoms with van der Waals surface area (Å²) >= 11 is 11.4. The zero-order valence-corrected chi connectivity index (χ0v) is 24.5. The summed E-state index contributed by atoms with van der Waals surface area (Å²) in [6, 6.07) is -11.1. The highest BCUT2D eigenvalue weighted by Gasteiger charge is 2.36. The van der Waals surface area contributed by atoms with Crippen molar-refractivity contribution < 1.29 is 75.2 Å². The summed E-state index contributed by atoms with van der Waals surface area (Å²) < 4.78 is 260. The Morgan fingerprint density at radius 2 is 1.36 bits per heavy atom. The molecule has 2 aromatic carbocycles. The molecule has 0 aliphatic heterocycles. The van der Waals surface area contributed by atoms with Crippen molar-refractivity contribution in [1.82, 2.24) is 0 Å². The molecule has 0 aromatic heterocycles. The van der Waals surface area contributed by atoms with E-state index in [0.717, 1.165) is 0 Å². The van der Waals surface area contributed by atoms with Crippen molar-refractivity contribution in [1.29, 1.82) is 0 Å². The molecule has 0 spiro atoms. The van der Waals surface area contributed by atoms with Crippen LogP contribution in [0.25, 0.3) is 0 Å². The van der Waals surface area contributed by atoms with Crippen molar-refractivity contribution in [2.75, 3.05) is 16.1 Å². The number of sulfonamides is 2. The van der Waals surface area contributed by atoms with Crippen LogP contribution in [0, 0.1) is 11.6 Å². The summed E-state index contributed by atoms with van der Waals surface area (Å²) in [6.07, 6.45) is -23.4. The maximum atomic E-state index is 13.9. The van der Waals surface area contributed by atoms with Gasteiger partial charge in [-0.15, -0.1) is 0 Å². The Morgan fingerprint density at radius 3 is 1.80 bits per heavy atom. The van der Waals surface area contributed by atoms with E-state index in [0.29, 0.717) is 0 Å². The van der Waals surface area contributed by atoms with Gasteiger partial charge in [-0.3, -0.25) is 9.44 Å². The van der Waals surface area contributed by atoms with Crippen molar-refractivity contribution in [3.05, 3.63) is 81.2 Å². The number of esters is 1. The average molecular weight is 718 g/mol. The van der Waals surface area contributed by atoms with E-state index in [9.17, 15) is 40.3 Å². The van der Waals surface area contributed by atoms with Crippen LogP contribution in [-0.2, 0) is 34.4 Å². The van der Waals surface area contributed by atoms with Gasteiger partial charge >= 0.3 is 11.9 Å². The number of rotatable bonds is 9. The molecule has 2 unspecified atom stereocenters. The fraction of sp³-hybridized carbons (Fsp3) is 0.357. The predicted molar refractivity (Wildman–Crippen MR) is 164 cm³/mol. The van der Waals surface area contributed by atoms with E-state index < -0.39 is 180 Å². The first-order valence-electron chi connectivity index (χ1n) is 22.1. The van der Waals surface area contributed by atoms with Gasteiger partial charge < -0.3 is 9.84 Å². The molecule has 0 saturated carbocycles. The van der Waals surface area contributed by atoms with E-state index in [4.69, 9.17) is 53.4 Å². The number of carbonyl (C=O) groups excluding carboxylic acids is 1. The van der Waals surface area contributed by atoms with Crippen molar-refractivity contribution >= 4 is 66.6 Å². The Bertz CT molecular complexity index is 2690. The number of aliphatic carboxylic acids is 1. The van der Waals surface area contributed by atoms with Gasteiger partial charge in [0.25, 0.3) is 0 Å². The molecule has 0 saturated heterocycles. The zero-order valence-electron chi connectivity index (χ0n) is 43.3. The third-order valence-corrected chi connectivity index (χ3v) is 7.68. The van der Waals surface area contributed by atoms with E-state index in [1.54, 1.807) is 0 Å². The normalized spacial score (nSPS) is 36.5. The number of benzene rings is 2. The molecule has 10 nitrogen and oxygen atoms in total. The monoisotopic (exact) mass is 716 g/mol. The minimum atomic E-state index is -5.90. The van der Waals surface area contributed by atoms with Crippen LogP contribution in [0.2, 0.25) is 10.0 Å². The number of allylic oxidation sites excluding steroid dienone is 2. The molecular weight excluding hydrogens is 665 g/mol. The molecule has 2 aliphatic rings. The quantitative estimate of drug-likeness (QED) is 0.265. The lowest BCUT2D eigenvalue weighted by molar-refractivity contribution is -0.138. The average Bonchev–Trinajstić information content (AvgIpc) is 3.19. The van der Waals surface area contributed by atoms with Crippen LogP contribution in [0.1, 0.15) is 75.3 Å². The highest BCUT2D eigenvalue weighted by molar-refractivity contribution is 7.93. The fourth-order valence-electron chi connectivity index (χ4n) is 2.74. The molecule has 0 bridgehead atoms. The summed E-state index contributed by atoms with van der Waals surface area (Å²) in [5, 5.41) is -1.10. The standard InChI is InChI=1S/C15H17ClFNO4S.C13H13ClFNO4S/c1-2-22-15(19)11-5-3-4-6-14(11)23(20,21)18-13-8-7-10(17)9-12(13)16;14-10-7-8(15)5-6-11(10)16-21(19,20)12-4-2-1-3-9(12)13(17)18/h5,7-9,14,18H,2-4,6H2,1H3;3,5-7,12,16H,1-2,4H2,(H,17,18)/i3D2,4D2,5D,6D2,7D,8D,9D,14D;1D2,2D2,3D,4D2,5D,6D,7D,12D. The van der Waals surface area contributed by atoms with Crippen molar-refractivity contribution in [3.63, 3.8) is 0 Å². The van der Waals surface area contributed by atoms with Crippen LogP contribution in [0.3, 0.4) is 0 Å². The number of anilines is 2. The van der Waals surface area contributed by atoms with E-state index in [1.165, 1.54) is 16.4 Å². The molecule has 2 aromatic rings. The Labute approximate surface area is 295 Å². The highest BCUT2D eigenvalue weighted by Crippen LogP contribution is 2.31. The summed E-state index contributed by atoms with van der Waals surface area (Å²) in [7, 11) is -11.7. The van der Waals surface area contributed by atoms with Crippen molar-refractivity contribution in [3.8, 4) is 0 Å². The molecule has 16 heteroatoms. The summed E-state index contributed by atoms with van der Waals surface area (Å²) in [5.41, 5.74) is -5.99. The molecule has 0 heterocycles. The van der Waals surface area contributed by atoms with Crippen LogP contribution >= 0.6 is 23.2 Å². The number of carboxylic acid groups (broad SMARTS) is 1. The summed E-state index contributed by atoms with van der Waals surface area (Å²) in [6.45, 7) is 0.769.